The fourth-order valence-electron chi connectivity index (χ4n) is 5.71. The Hall–Kier alpha value is -3.00. The van der Waals surface area contributed by atoms with E-state index in [1.165, 1.54) is 42.5 Å². The average Bonchev–Trinajstić information content (AvgIpc) is 2.95. The van der Waals surface area contributed by atoms with Crippen LogP contribution in [-0.2, 0) is 23.8 Å². The highest BCUT2D eigenvalue weighted by atomic mass is 16.6. The molecule has 0 amide bonds. The molecular formula is C25H32O8. The minimum absolute atomic E-state index is 0.170. The predicted molar refractivity (Wildman–Crippen MR) is 121 cm³/mol. The van der Waals surface area contributed by atoms with E-state index in [4.69, 9.17) is 28.4 Å². The number of hydrogen-bond donors (Lipinski definition) is 0. The fourth-order valence-corrected chi connectivity index (χ4v) is 5.71. The highest BCUT2D eigenvalue weighted by molar-refractivity contribution is 6.04. The summed E-state index contributed by atoms with van der Waals surface area (Å²) in [4.78, 5) is 26.0. The van der Waals surface area contributed by atoms with E-state index in [9.17, 15) is 9.59 Å². The van der Waals surface area contributed by atoms with Crippen molar-refractivity contribution >= 4 is 11.8 Å². The SMILES string of the molecule is C=CC[C@@]12C=C(OC)C(=O)[C@@](OC)([C@@H](c3cc(OC)c(OC)c(OC)c3)[C@@H]1C)[C@H]2OC(C)=O. The molecule has 0 heterocycles. The Balaban J connectivity index is 2.37. The van der Waals surface area contributed by atoms with Crippen molar-refractivity contribution in [1.82, 2.24) is 0 Å². The molecule has 2 aliphatic rings. The first-order valence-electron chi connectivity index (χ1n) is 10.7. The molecule has 2 bridgehead atoms. The zero-order valence-electron chi connectivity index (χ0n) is 20.2. The van der Waals surface area contributed by atoms with Gasteiger partial charge in [-0.25, -0.2) is 0 Å². The maximum atomic E-state index is 13.8. The van der Waals surface area contributed by atoms with Gasteiger partial charge in [0.2, 0.25) is 11.5 Å². The van der Waals surface area contributed by atoms with Crippen LogP contribution >= 0.6 is 0 Å². The zero-order valence-corrected chi connectivity index (χ0v) is 20.2. The van der Waals surface area contributed by atoms with Crippen LogP contribution in [-0.4, -0.2) is 59.0 Å². The predicted octanol–water partition coefficient (Wildman–Crippen LogP) is 3.44. The summed E-state index contributed by atoms with van der Waals surface area (Å²) < 4.78 is 34.0. The third-order valence-electron chi connectivity index (χ3n) is 7.05. The van der Waals surface area contributed by atoms with Crippen LogP contribution in [0.25, 0.3) is 0 Å². The maximum Gasteiger partial charge on any atom is 0.303 e. The summed E-state index contributed by atoms with van der Waals surface area (Å²) in [5.74, 6) is -0.152. The molecule has 0 unspecified atom stereocenters. The second kappa shape index (κ2) is 9.09. The van der Waals surface area contributed by atoms with Crippen molar-refractivity contribution in [3.8, 4) is 17.2 Å². The third-order valence-corrected chi connectivity index (χ3v) is 7.05. The van der Waals surface area contributed by atoms with Crippen LogP contribution in [0.15, 0.2) is 36.6 Å². The second-order valence-electron chi connectivity index (χ2n) is 8.36. The number of esters is 1. The molecule has 1 saturated carbocycles. The highest BCUT2D eigenvalue weighted by Gasteiger charge is 2.74. The Bertz CT molecular complexity index is 958. The zero-order chi connectivity index (χ0) is 24.6. The normalized spacial score (nSPS) is 30.3. The standard InChI is InChI=1S/C25H32O8/c1-9-10-24-13-19(30-6)22(27)25(32-8,23(24)33-15(3)26)20(14(24)2)16-11-17(28-4)21(31-7)18(12-16)29-5/h9,11-14,20,23H,1,10H2,2-8H3/t14-,20+,23-,24+,25-/m0/s1. The number of carbonyl (C=O) groups excluding carboxylic acids is 2. The van der Waals surface area contributed by atoms with Crippen molar-refractivity contribution in [2.24, 2.45) is 11.3 Å². The molecular weight excluding hydrogens is 428 g/mol. The Morgan fingerprint density at radius 3 is 2.09 bits per heavy atom. The number of benzene rings is 1. The largest absolute Gasteiger partial charge is 0.493 e. The summed E-state index contributed by atoms with van der Waals surface area (Å²) in [6.45, 7) is 7.25. The van der Waals surface area contributed by atoms with E-state index in [2.05, 4.69) is 6.58 Å². The minimum atomic E-state index is -1.53. The van der Waals surface area contributed by atoms with Gasteiger partial charge in [-0.1, -0.05) is 13.0 Å². The Kier molecular flexibility index (Phi) is 6.79. The Morgan fingerprint density at radius 2 is 1.67 bits per heavy atom. The van der Waals surface area contributed by atoms with Crippen LogP contribution in [0.4, 0.5) is 0 Å². The molecule has 180 valence electrons. The van der Waals surface area contributed by atoms with Gasteiger partial charge in [0.25, 0.3) is 0 Å². The van der Waals surface area contributed by atoms with E-state index in [1.54, 1.807) is 24.3 Å². The maximum absolute atomic E-state index is 13.8. The number of ether oxygens (including phenoxy) is 6. The summed E-state index contributed by atoms with van der Waals surface area (Å²) in [5.41, 5.74) is -1.59. The van der Waals surface area contributed by atoms with Crippen molar-refractivity contribution in [2.75, 3.05) is 35.5 Å². The Morgan fingerprint density at radius 1 is 1.06 bits per heavy atom. The van der Waals surface area contributed by atoms with Crippen molar-refractivity contribution in [2.45, 2.75) is 37.9 Å². The van der Waals surface area contributed by atoms with Crippen LogP contribution in [0.2, 0.25) is 0 Å². The fraction of sp³-hybridized carbons (Fsp3) is 0.520. The van der Waals surface area contributed by atoms with Gasteiger partial charge < -0.3 is 28.4 Å². The molecule has 0 saturated heterocycles. The van der Waals surface area contributed by atoms with E-state index >= 15 is 0 Å². The molecule has 0 N–H and O–H groups in total. The summed E-state index contributed by atoms with van der Waals surface area (Å²) in [5, 5.41) is 0. The minimum Gasteiger partial charge on any atom is -0.493 e. The number of methoxy groups -OCH3 is 5. The average molecular weight is 461 g/mol. The number of fused-ring (bicyclic) bond motifs is 2. The smallest absolute Gasteiger partial charge is 0.303 e. The summed E-state index contributed by atoms with van der Waals surface area (Å²) in [6.07, 6.45) is 3.07. The van der Waals surface area contributed by atoms with Crippen LogP contribution in [0.1, 0.15) is 31.7 Å². The monoisotopic (exact) mass is 460 g/mol. The van der Waals surface area contributed by atoms with Gasteiger partial charge in [-0.2, -0.15) is 0 Å². The lowest BCUT2D eigenvalue weighted by Crippen LogP contribution is -2.59. The summed E-state index contributed by atoms with van der Waals surface area (Å²) >= 11 is 0. The van der Waals surface area contributed by atoms with Crippen LogP contribution in [0.3, 0.4) is 0 Å². The summed E-state index contributed by atoms with van der Waals surface area (Å²) in [7, 11) is 7.48. The number of Topliss-reactive ketones (excluding diaryl/α,β-unsaturated/α-hetero) is 1. The lowest BCUT2D eigenvalue weighted by atomic mass is 9.69. The van der Waals surface area contributed by atoms with Gasteiger partial charge in [0.1, 0.15) is 6.10 Å². The van der Waals surface area contributed by atoms with Gasteiger partial charge in [-0.3, -0.25) is 9.59 Å². The van der Waals surface area contributed by atoms with Gasteiger partial charge in [0.05, 0.1) is 28.4 Å². The van der Waals surface area contributed by atoms with E-state index in [0.29, 0.717) is 23.7 Å². The van der Waals surface area contributed by atoms with Gasteiger partial charge >= 0.3 is 5.97 Å². The number of carbonyl (C=O) groups is 2. The number of allylic oxidation sites excluding steroid dienone is 1. The molecule has 1 fully saturated rings. The van der Waals surface area contributed by atoms with Crippen molar-refractivity contribution in [3.05, 3.63) is 42.2 Å². The molecule has 5 atom stereocenters. The molecule has 0 aliphatic heterocycles. The molecule has 1 aromatic rings. The highest BCUT2D eigenvalue weighted by Crippen LogP contribution is 2.65. The number of hydrogen-bond acceptors (Lipinski definition) is 8. The molecule has 8 nitrogen and oxygen atoms in total. The second-order valence-corrected chi connectivity index (χ2v) is 8.36. The van der Waals surface area contributed by atoms with Crippen LogP contribution in [0.5, 0.6) is 17.2 Å². The lowest BCUT2D eigenvalue weighted by Gasteiger charge is -2.43. The van der Waals surface area contributed by atoms with Gasteiger partial charge in [0, 0.05) is 25.4 Å². The van der Waals surface area contributed by atoms with Gasteiger partial charge in [-0.05, 0) is 36.1 Å². The molecule has 3 rings (SSSR count). The Labute approximate surface area is 194 Å². The topological polar surface area (TPSA) is 89.5 Å². The molecule has 0 aromatic heterocycles. The van der Waals surface area contributed by atoms with Crippen LogP contribution < -0.4 is 14.2 Å². The molecule has 8 heteroatoms. The van der Waals surface area contributed by atoms with Crippen molar-refractivity contribution in [3.63, 3.8) is 0 Å². The van der Waals surface area contributed by atoms with Crippen LogP contribution in [0, 0.1) is 11.3 Å². The number of rotatable bonds is 9. The molecule has 1 aromatic carbocycles. The molecule has 2 aliphatic carbocycles. The first-order valence-corrected chi connectivity index (χ1v) is 10.7. The molecule has 0 radical (unpaired) electrons. The van der Waals surface area contributed by atoms with E-state index in [1.807, 2.05) is 6.92 Å². The van der Waals surface area contributed by atoms with E-state index in [-0.39, 0.29) is 17.5 Å². The van der Waals surface area contributed by atoms with E-state index in [0.717, 1.165) is 5.56 Å². The first kappa shape index (κ1) is 24.6. The number of ketones is 1. The van der Waals surface area contributed by atoms with Crippen molar-refractivity contribution < 1.29 is 38.0 Å². The van der Waals surface area contributed by atoms with Gasteiger partial charge in [0.15, 0.2) is 22.9 Å². The first-order chi connectivity index (χ1) is 15.7. The van der Waals surface area contributed by atoms with E-state index < -0.39 is 29.0 Å². The molecule has 0 spiro atoms. The molecule has 33 heavy (non-hydrogen) atoms. The summed E-state index contributed by atoms with van der Waals surface area (Å²) in [6, 6.07) is 3.60. The lowest BCUT2D eigenvalue weighted by molar-refractivity contribution is -0.181. The van der Waals surface area contributed by atoms with Gasteiger partial charge in [-0.15, -0.1) is 6.58 Å². The quantitative estimate of drug-likeness (QED) is 0.409. The third kappa shape index (κ3) is 3.39. The van der Waals surface area contributed by atoms with Crippen molar-refractivity contribution in [1.29, 1.82) is 0 Å².